The van der Waals surface area contributed by atoms with Crippen molar-refractivity contribution in [1.82, 2.24) is 4.98 Å². The SMILES string of the molecule is O=C(O)c1ccc(NC(=O)C(C2CCCCC2)C2(c3ccc(Cl)nc3)Nc3cc(F)c(F)cc3N2)c(Cl)c1. The number of benzene rings is 2. The monoisotopic (exact) mass is 560 g/mol. The van der Waals surface area contributed by atoms with E-state index in [4.69, 9.17) is 23.2 Å². The van der Waals surface area contributed by atoms with Gasteiger partial charge in [0.25, 0.3) is 0 Å². The van der Waals surface area contributed by atoms with E-state index in [9.17, 15) is 23.5 Å². The smallest absolute Gasteiger partial charge is 0.335 e. The molecule has 3 aromatic rings. The molecule has 0 bridgehead atoms. The predicted octanol–water partition coefficient (Wildman–Crippen LogP) is 6.89. The fourth-order valence-corrected chi connectivity index (χ4v) is 5.83. The Balaban J connectivity index is 1.61. The van der Waals surface area contributed by atoms with Gasteiger partial charge in [-0.1, -0.05) is 48.5 Å². The minimum absolute atomic E-state index is 0.0147. The van der Waals surface area contributed by atoms with Crippen molar-refractivity contribution in [2.75, 3.05) is 16.0 Å². The molecule has 1 amide bonds. The lowest BCUT2D eigenvalue weighted by Gasteiger charge is -2.43. The molecular formula is C27H24Cl2F2N4O3. The highest BCUT2D eigenvalue weighted by atomic mass is 35.5. The standard InChI is InChI=1S/C27H24Cl2F2N4O3/c28-17-10-15(26(37)38)6-8-20(17)33-25(36)24(14-4-2-1-3-5-14)27(16-7-9-23(29)32-13-16)34-21-11-18(30)19(31)12-22(21)35-27/h6-14,24,34-35H,1-5H2,(H,33,36)(H,37,38). The zero-order valence-electron chi connectivity index (χ0n) is 20.0. The van der Waals surface area contributed by atoms with Crippen molar-refractivity contribution in [2.24, 2.45) is 11.8 Å². The van der Waals surface area contributed by atoms with E-state index in [1.807, 2.05) is 0 Å². The van der Waals surface area contributed by atoms with Crippen LogP contribution in [0.4, 0.5) is 25.8 Å². The van der Waals surface area contributed by atoms with Crippen LogP contribution in [0.25, 0.3) is 0 Å². The number of hydrogen-bond donors (Lipinski definition) is 4. The summed E-state index contributed by atoms with van der Waals surface area (Å²) in [5, 5.41) is 19.0. The molecule has 2 aromatic carbocycles. The van der Waals surface area contributed by atoms with E-state index in [0.29, 0.717) is 16.9 Å². The Kier molecular flexibility index (Phi) is 7.15. The molecule has 198 valence electrons. The molecule has 1 atom stereocenters. The maximum absolute atomic E-state index is 14.2. The van der Waals surface area contributed by atoms with Crippen LogP contribution in [0.1, 0.15) is 48.0 Å². The van der Waals surface area contributed by atoms with Gasteiger partial charge in [0.1, 0.15) is 10.8 Å². The molecule has 7 nitrogen and oxygen atoms in total. The average molecular weight is 561 g/mol. The van der Waals surface area contributed by atoms with Gasteiger partial charge < -0.3 is 21.1 Å². The molecule has 0 radical (unpaired) electrons. The Bertz CT molecular complexity index is 1370. The number of nitrogens with zero attached hydrogens (tertiary/aromatic N) is 1. The van der Waals surface area contributed by atoms with Gasteiger partial charge in [0.15, 0.2) is 11.6 Å². The van der Waals surface area contributed by atoms with E-state index in [2.05, 4.69) is 20.9 Å². The van der Waals surface area contributed by atoms with Gasteiger partial charge >= 0.3 is 5.97 Å². The number of rotatable bonds is 6. The molecule has 2 aliphatic rings. The fraction of sp³-hybridized carbons (Fsp3) is 0.296. The van der Waals surface area contributed by atoms with E-state index in [1.165, 1.54) is 24.4 Å². The van der Waals surface area contributed by atoms with E-state index in [1.54, 1.807) is 12.1 Å². The van der Waals surface area contributed by atoms with Crippen LogP contribution in [0.2, 0.25) is 10.2 Å². The highest BCUT2D eigenvalue weighted by molar-refractivity contribution is 6.34. The molecule has 0 spiro atoms. The summed E-state index contributed by atoms with van der Waals surface area (Å²) in [4.78, 5) is 29.7. The minimum Gasteiger partial charge on any atom is -0.478 e. The van der Waals surface area contributed by atoms with Crippen LogP contribution in [-0.2, 0) is 10.5 Å². The minimum atomic E-state index is -1.32. The molecule has 1 fully saturated rings. The van der Waals surface area contributed by atoms with Gasteiger partial charge in [0.05, 0.1) is 33.6 Å². The largest absolute Gasteiger partial charge is 0.478 e. The number of carbonyl (C=O) groups is 2. The molecular weight excluding hydrogens is 537 g/mol. The number of carboxylic acid groups (broad SMARTS) is 1. The van der Waals surface area contributed by atoms with Crippen LogP contribution in [0, 0.1) is 23.5 Å². The van der Waals surface area contributed by atoms with E-state index in [-0.39, 0.29) is 27.3 Å². The number of aromatic nitrogens is 1. The fourth-order valence-electron chi connectivity index (χ4n) is 5.49. The van der Waals surface area contributed by atoms with Crippen LogP contribution >= 0.6 is 23.2 Å². The Morgan fingerprint density at radius 2 is 1.66 bits per heavy atom. The highest BCUT2D eigenvalue weighted by Gasteiger charge is 2.52. The normalized spacial score (nSPS) is 17.2. The zero-order chi connectivity index (χ0) is 27.0. The van der Waals surface area contributed by atoms with Gasteiger partial charge in [-0.15, -0.1) is 0 Å². The van der Waals surface area contributed by atoms with Crippen molar-refractivity contribution in [3.8, 4) is 0 Å². The van der Waals surface area contributed by atoms with Crippen molar-refractivity contribution in [3.63, 3.8) is 0 Å². The molecule has 1 aliphatic heterocycles. The molecule has 1 saturated carbocycles. The Hall–Kier alpha value is -3.43. The quantitative estimate of drug-likeness (QED) is 0.245. The van der Waals surface area contributed by atoms with Gasteiger partial charge in [-0.3, -0.25) is 4.79 Å². The van der Waals surface area contributed by atoms with Crippen molar-refractivity contribution in [3.05, 3.63) is 81.6 Å². The van der Waals surface area contributed by atoms with Crippen molar-refractivity contribution < 1.29 is 23.5 Å². The number of carboxylic acids is 1. The molecule has 1 aliphatic carbocycles. The number of fused-ring (bicyclic) bond motifs is 1. The number of halogens is 4. The lowest BCUT2D eigenvalue weighted by molar-refractivity contribution is -0.124. The molecule has 38 heavy (non-hydrogen) atoms. The number of anilines is 3. The summed E-state index contributed by atoms with van der Waals surface area (Å²) in [5.74, 6) is -4.49. The third-order valence-electron chi connectivity index (χ3n) is 7.25. The third kappa shape index (κ3) is 4.88. The summed E-state index contributed by atoms with van der Waals surface area (Å²) in [6.45, 7) is 0. The van der Waals surface area contributed by atoms with E-state index < -0.39 is 35.1 Å². The topological polar surface area (TPSA) is 103 Å². The van der Waals surface area contributed by atoms with Gasteiger partial charge in [0.2, 0.25) is 5.91 Å². The first-order valence-electron chi connectivity index (χ1n) is 12.2. The number of aromatic carboxylic acids is 1. The van der Waals surface area contributed by atoms with Crippen molar-refractivity contribution in [2.45, 2.75) is 37.8 Å². The molecule has 1 unspecified atom stereocenters. The summed E-state index contributed by atoms with van der Waals surface area (Å²) in [7, 11) is 0. The van der Waals surface area contributed by atoms with Gasteiger partial charge in [-0.05, 0) is 43.0 Å². The molecule has 5 rings (SSSR count). The lowest BCUT2D eigenvalue weighted by atomic mass is 9.71. The molecule has 2 heterocycles. The second-order valence-electron chi connectivity index (χ2n) is 9.60. The number of carbonyl (C=O) groups excluding carboxylic acids is 1. The van der Waals surface area contributed by atoms with Crippen LogP contribution < -0.4 is 16.0 Å². The Morgan fingerprint density at radius 3 is 2.21 bits per heavy atom. The summed E-state index contributed by atoms with van der Waals surface area (Å²) < 4.78 is 28.4. The summed E-state index contributed by atoms with van der Waals surface area (Å²) in [6.07, 6.45) is 5.93. The first kappa shape index (κ1) is 26.2. The Labute approximate surface area is 227 Å². The second kappa shape index (κ2) is 10.4. The molecule has 11 heteroatoms. The van der Waals surface area contributed by atoms with Gasteiger partial charge in [-0.2, -0.15) is 0 Å². The van der Waals surface area contributed by atoms with Crippen molar-refractivity contribution >= 4 is 52.1 Å². The van der Waals surface area contributed by atoms with Crippen LogP contribution in [0.15, 0.2) is 48.7 Å². The number of hydrogen-bond acceptors (Lipinski definition) is 5. The number of amides is 1. The van der Waals surface area contributed by atoms with E-state index in [0.717, 1.165) is 44.2 Å². The average Bonchev–Trinajstić information content (AvgIpc) is 3.25. The Morgan fingerprint density at radius 1 is 1.00 bits per heavy atom. The molecule has 4 N–H and O–H groups in total. The summed E-state index contributed by atoms with van der Waals surface area (Å²) >= 11 is 12.4. The maximum Gasteiger partial charge on any atom is 0.335 e. The number of pyridine rings is 1. The number of nitrogens with one attached hydrogen (secondary N) is 3. The molecule has 1 aromatic heterocycles. The third-order valence-corrected chi connectivity index (χ3v) is 7.79. The van der Waals surface area contributed by atoms with Crippen molar-refractivity contribution in [1.29, 1.82) is 0 Å². The lowest BCUT2D eigenvalue weighted by Crippen LogP contribution is -2.54. The van der Waals surface area contributed by atoms with E-state index >= 15 is 0 Å². The van der Waals surface area contributed by atoms with Crippen LogP contribution in [0.5, 0.6) is 0 Å². The van der Waals surface area contributed by atoms with Gasteiger partial charge in [-0.25, -0.2) is 18.6 Å². The maximum atomic E-state index is 14.2. The van der Waals surface area contributed by atoms with Crippen LogP contribution in [-0.4, -0.2) is 22.0 Å². The second-order valence-corrected chi connectivity index (χ2v) is 10.4. The first-order chi connectivity index (χ1) is 18.2. The predicted molar refractivity (Wildman–Crippen MR) is 142 cm³/mol. The highest BCUT2D eigenvalue weighted by Crippen LogP contribution is 2.49. The van der Waals surface area contributed by atoms with Crippen LogP contribution in [0.3, 0.4) is 0 Å². The molecule has 0 saturated heterocycles. The summed E-state index contributed by atoms with van der Waals surface area (Å²) in [5.41, 5.74) is 0.0721. The first-order valence-corrected chi connectivity index (χ1v) is 12.9. The zero-order valence-corrected chi connectivity index (χ0v) is 21.5. The van der Waals surface area contributed by atoms with Gasteiger partial charge in [0, 0.05) is 23.9 Å². The summed E-state index contributed by atoms with van der Waals surface area (Å²) in [6, 6.07) is 9.47.